The van der Waals surface area contributed by atoms with Crippen LogP contribution in [0.5, 0.6) is 0 Å². The molecule has 3 rings (SSSR count). The molecule has 0 spiro atoms. The van der Waals surface area contributed by atoms with E-state index in [1.54, 1.807) is 73.8 Å². The minimum absolute atomic E-state index is 0.199. The first-order valence-electron chi connectivity index (χ1n) is 8.45. The van der Waals surface area contributed by atoms with Gasteiger partial charge in [0.25, 0.3) is 0 Å². The Morgan fingerprint density at radius 1 is 0.966 bits per heavy atom. The number of rotatable bonds is 5. The quantitative estimate of drug-likeness (QED) is 0.155. The molecule has 0 saturated heterocycles. The van der Waals surface area contributed by atoms with Crippen molar-refractivity contribution < 1.29 is 4.57 Å². The van der Waals surface area contributed by atoms with Gasteiger partial charge in [-0.3, -0.25) is 0 Å². The third kappa shape index (κ3) is 6.11. The molecule has 0 aliphatic rings. The second kappa shape index (κ2) is 10.9. The van der Waals surface area contributed by atoms with Crippen LogP contribution in [0.3, 0.4) is 0 Å². The highest BCUT2D eigenvalue weighted by Gasteiger charge is 2.25. The molecule has 0 unspecified atom stereocenters. The Kier molecular flexibility index (Phi) is 8.28. The third-order valence-electron chi connectivity index (χ3n) is 3.84. The van der Waals surface area contributed by atoms with Crippen molar-refractivity contribution in [3.8, 4) is 0 Å². The predicted octanol–water partition coefficient (Wildman–Crippen LogP) is 6.33. The lowest BCUT2D eigenvalue weighted by molar-refractivity contribution is 0.588. The summed E-state index contributed by atoms with van der Waals surface area (Å²) in [5, 5.41) is 5.03. The van der Waals surface area contributed by atoms with Crippen LogP contribution in [0.2, 0.25) is 5.15 Å². The van der Waals surface area contributed by atoms with Crippen molar-refractivity contribution in [1.82, 2.24) is 4.98 Å². The van der Waals surface area contributed by atoms with Crippen LogP contribution in [0.1, 0.15) is 18.5 Å². The lowest BCUT2D eigenvalue weighted by Crippen LogP contribution is -2.13. The smallest absolute Gasteiger partial charge is 0.228 e. The molecule has 3 aromatic rings. The number of halogens is 1. The molecule has 0 fully saturated rings. The number of benzene rings is 2. The van der Waals surface area contributed by atoms with Gasteiger partial charge in [-0.1, -0.05) is 84.3 Å². The predicted molar refractivity (Wildman–Crippen MR) is 116 cm³/mol. The maximum Gasteiger partial charge on any atom is 0.228 e. The first-order valence-corrected chi connectivity index (χ1v) is 10.5. The molecule has 0 amide bonds. The van der Waals surface area contributed by atoms with E-state index in [4.69, 9.17) is 22.7 Å². The number of azide groups is 2. The van der Waals surface area contributed by atoms with E-state index in [-0.39, 0.29) is 6.04 Å². The molecule has 1 heterocycles. The fourth-order valence-corrected chi connectivity index (χ4v) is 4.34. The molecule has 146 valence electrons. The molecule has 0 radical (unpaired) electrons. The van der Waals surface area contributed by atoms with Gasteiger partial charge >= 0.3 is 0 Å². The average molecular weight is 426 g/mol. The Balaban J connectivity index is 0.000000221. The van der Waals surface area contributed by atoms with Crippen LogP contribution >= 0.6 is 18.9 Å². The highest BCUT2D eigenvalue weighted by molar-refractivity contribution is 7.77. The van der Waals surface area contributed by atoms with Crippen molar-refractivity contribution >= 4 is 29.5 Å². The Morgan fingerprint density at radius 2 is 1.52 bits per heavy atom. The van der Waals surface area contributed by atoms with Crippen LogP contribution < -0.4 is 10.6 Å². The highest BCUT2D eigenvalue weighted by Crippen LogP contribution is 2.44. The second-order valence-corrected chi connectivity index (χ2v) is 8.47. The zero-order valence-corrected chi connectivity index (χ0v) is 17.1. The maximum atomic E-state index is 12.8. The number of nitrogens with zero attached hydrogens (tertiary/aromatic N) is 7. The molecule has 0 aliphatic heterocycles. The molecular weight excluding hydrogens is 409 g/mol. The number of aromatic nitrogens is 1. The minimum atomic E-state index is -3.22. The molecule has 8 nitrogen and oxygen atoms in total. The minimum Gasteiger partial charge on any atom is -0.307 e. The van der Waals surface area contributed by atoms with Crippen LogP contribution in [0, 0.1) is 0 Å². The van der Waals surface area contributed by atoms with Crippen molar-refractivity contribution in [2.45, 2.75) is 13.0 Å². The van der Waals surface area contributed by atoms with E-state index >= 15 is 0 Å². The van der Waals surface area contributed by atoms with Gasteiger partial charge in [0.15, 0.2) is 0 Å². The summed E-state index contributed by atoms with van der Waals surface area (Å²) in [5.74, 6) is 0. The monoisotopic (exact) mass is 425 g/mol. The van der Waals surface area contributed by atoms with Crippen molar-refractivity contribution in [2.75, 3.05) is 0 Å². The van der Waals surface area contributed by atoms with E-state index in [9.17, 15) is 4.57 Å². The molecule has 2 aromatic carbocycles. The number of hydrogen-bond acceptors (Lipinski definition) is 3. The van der Waals surface area contributed by atoms with Crippen molar-refractivity contribution in [3.63, 3.8) is 0 Å². The molecular formula is C19H17ClN7OP. The Bertz CT molecular complexity index is 1040. The maximum absolute atomic E-state index is 12.8. The Morgan fingerprint density at radius 3 is 1.97 bits per heavy atom. The van der Waals surface area contributed by atoms with Gasteiger partial charge in [0.2, 0.25) is 7.29 Å². The van der Waals surface area contributed by atoms with Crippen molar-refractivity contribution in [1.29, 1.82) is 0 Å². The van der Waals surface area contributed by atoms with Gasteiger partial charge in [-0.15, -0.1) is 0 Å². The third-order valence-corrected chi connectivity index (χ3v) is 6.37. The van der Waals surface area contributed by atoms with Crippen LogP contribution in [0.15, 0.2) is 89.0 Å². The van der Waals surface area contributed by atoms with Crippen LogP contribution in [-0.4, -0.2) is 4.98 Å². The lowest BCUT2D eigenvalue weighted by Gasteiger charge is -2.12. The van der Waals surface area contributed by atoms with E-state index in [0.717, 1.165) is 5.56 Å². The molecule has 1 atom stereocenters. The molecule has 0 saturated carbocycles. The molecule has 0 bridgehead atoms. The zero-order valence-electron chi connectivity index (χ0n) is 15.4. The summed E-state index contributed by atoms with van der Waals surface area (Å²) in [6.45, 7) is 1.80. The van der Waals surface area contributed by atoms with Gasteiger partial charge < -0.3 is 4.57 Å². The number of pyridine rings is 1. The van der Waals surface area contributed by atoms with Gasteiger partial charge in [0.1, 0.15) is 5.15 Å². The number of hydrogen-bond donors (Lipinski definition) is 0. The van der Waals surface area contributed by atoms with E-state index < -0.39 is 7.29 Å². The summed E-state index contributed by atoms with van der Waals surface area (Å²) in [7, 11) is -3.22. The van der Waals surface area contributed by atoms with E-state index in [1.807, 2.05) is 12.1 Å². The molecule has 10 heteroatoms. The highest BCUT2D eigenvalue weighted by atomic mass is 35.5. The molecule has 0 aliphatic carbocycles. The second-order valence-electron chi connectivity index (χ2n) is 5.72. The average Bonchev–Trinajstić information content (AvgIpc) is 2.76. The standard InChI is InChI=1S/C12H10N3OP.C7H7ClN4/c13-14-15-17(16,11-7-3-1-4-8-11)12-9-5-2-6-10-12;1-5(11-12-9)6-2-3-10-7(8)4-6/h1-10H;2-5H,1H3/t;5-/m.0/s1. The fraction of sp³-hybridized carbons (Fsp3) is 0.105. The summed E-state index contributed by atoms with van der Waals surface area (Å²) < 4.78 is 12.8. The zero-order chi connectivity index (χ0) is 21.1. The van der Waals surface area contributed by atoms with Crippen LogP contribution in [0.4, 0.5) is 0 Å². The van der Waals surface area contributed by atoms with E-state index in [1.165, 1.54) is 0 Å². The fourth-order valence-electron chi connectivity index (χ4n) is 2.39. The summed E-state index contributed by atoms with van der Waals surface area (Å²) in [4.78, 5) is 12.8. The van der Waals surface area contributed by atoms with Gasteiger partial charge in [-0.25, -0.2) is 4.98 Å². The molecule has 0 N–H and O–H groups in total. The first-order chi connectivity index (χ1) is 14.0. The largest absolute Gasteiger partial charge is 0.307 e. The molecule has 1 aromatic heterocycles. The van der Waals surface area contributed by atoms with Gasteiger partial charge in [-0.2, -0.15) is 0 Å². The van der Waals surface area contributed by atoms with Crippen molar-refractivity contribution in [3.05, 3.63) is 111 Å². The molecule has 29 heavy (non-hydrogen) atoms. The normalized spacial score (nSPS) is 11.1. The topological polar surface area (TPSA) is 127 Å². The van der Waals surface area contributed by atoms with E-state index in [2.05, 4.69) is 24.8 Å². The van der Waals surface area contributed by atoms with Gasteiger partial charge in [0, 0.05) is 26.6 Å². The first kappa shape index (κ1) is 22.0. The lowest BCUT2D eigenvalue weighted by atomic mass is 10.1. The SMILES string of the molecule is C[C@H](N=[N+]=[N-])c1ccnc(Cl)c1.[N-]=[N+]=NP(=O)(c1ccccc1)c1ccccc1. The van der Waals surface area contributed by atoms with Gasteiger partial charge in [-0.05, 0) is 33.6 Å². The van der Waals surface area contributed by atoms with Gasteiger partial charge in [0.05, 0.1) is 6.04 Å². The van der Waals surface area contributed by atoms with Crippen molar-refractivity contribution in [2.24, 2.45) is 10.00 Å². The summed E-state index contributed by atoms with van der Waals surface area (Å²) in [6, 6.07) is 20.9. The Hall–Kier alpha value is -3.27. The summed E-state index contributed by atoms with van der Waals surface area (Å²) >= 11 is 5.64. The summed E-state index contributed by atoms with van der Waals surface area (Å²) in [6.07, 6.45) is 1.58. The summed E-state index contributed by atoms with van der Waals surface area (Å²) in [5.41, 5.74) is 17.7. The van der Waals surface area contributed by atoms with Crippen LogP contribution in [0.25, 0.3) is 20.9 Å². The van der Waals surface area contributed by atoms with E-state index in [0.29, 0.717) is 15.8 Å². The Labute approximate surface area is 172 Å². The van der Waals surface area contributed by atoms with Crippen LogP contribution in [-0.2, 0) is 4.57 Å².